The summed E-state index contributed by atoms with van der Waals surface area (Å²) in [5, 5.41) is 18.1. The molecule has 3 atom stereocenters. The molecule has 1 aliphatic carbocycles. The number of aliphatic hydroxyl groups is 1. The summed E-state index contributed by atoms with van der Waals surface area (Å²) in [6.07, 6.45) is -0.375. The molecule has 0 amide bonds. The standard InChI is InChI=1S/C9H14O5/c1-2-14-9(13)7-4-5(10)3-6(7)8(11)12/h5-7,10H,2-4H2,1H3,(H,11,12)/t5?,6-,7-/m1/s1. The average molecular weight is 202 g/mol. The van der Waals surface area contributed by atoms with E-state index in [4.69, 9.17) is 9.84 Å². The van der Waals surface area contributed by atoms with Crippen LogP contribution in [0, 0.1) is 11.8 Å². The van der Waals surface area contributed by atoms with E-state index in [2.05, 4.69) is 0 Å². The molecule has 0 aromatic carbocycles. The van der Waals surface area contributed by atoms with Crippen LogP contribution < -0.4 is 0 Å². The Balaban J connectivity index is 2.66. The lowest BCUT2D eigenvalue weighted by atomic mass is 9.96. The molecule has 0 heterocycles. The van der Waals surface area contributed by atoms with Crippen molar-refractivity contribution in [1.82, 2.24) is 0 Å². The van der Waals surface area contributed by atoms with E-state index < -0.39 is 29.9 Å². The molecule has 0 aliphatic heterocycles. The van der Waals surface area contributed by atoms with Crippen LogP contribution in [-0.4, -0.2) is 34.9 Å². The van der Waals surface area contributed by atoms with Gasteiger partial charge in [0.25, 0.3) is 0 Å². The van der Waals surface area contributed by atoms with Gasteiger partial charge in [-0.15, -0.1) is 0 Å². The number of carbonyl (C=O) groups excluding carboxylic acids is 1. The van der Waals surface area contributed by atoms with E-state index >= 15 is 0 Å². The lowest BCUT2D eigenvalue weighted by molar-refractivity contribution is -0.156. The number of carbonyl (C=O) groups is 2. The molecule has 0 saturated heterocycles. The molecule has 5 heteroatoms. The van der Waals surface area contributed by atoms with Gasteiger partial charge in [0.2, 0.25) is 0 Å². The van der Waals surface area contributed by atoms with E-state index in [1.165, 1.54) is 0 Å². The highest BCUT2D eigenvalue weighted by Crippen LogP contribution is 2.33. The lowest BCUT2D eigenvalue weighted by Crippen LogP contribution is -2.26. The second-order valence-electron chi connectivity index (χ2n) is 3.43. The number of ether oxygens (including phenoxy) is 1. The van der Waals surface area contributed by atoms with E-state index in [1.807, 2.05) is 0 Å². The first-order valence-electron chi connectivity index (χ1n) is 4.63. The molecule has 0 radical (unpaired) electrons. The minimum absolute atomic E-state index is 0.138. The molecule has 1 fully saturated rings. The minimum atomic E-state index is -1.04. The number of carboxylic acids is 1. The third-order valence-electron chi connectivity index (χ3n) is 2.44. The van der Waals surface area contributed by atoms with Crippen LogP contribution in [0.1, 0.15) is 19.8 Å². The van der Waals surface area contributed by atoms with Crippen molar-refractivity contribution in [3.05, 3.63) is 0 Å². The molecular formula is C9H14O5. The normalized spacial score (nSPS) is 31.4. The zero-order valence-electron chi connectivity index (χ0n) is 7.97. The molecule has 1 aliphatic rings. The molecule has 1 unspecified atom stereocenters. The third-order valence-corrected chi connectivity index (χ3v) is 2.44. The average Bonchev–Trinajstić information content (AvgIpc) is 2.48. The van der Waals surface area contributed by atoms with Crippen molar-refractivity contribution in [2.45, 2.75) is 25.9 Å². The first kappa shape index (κ1) is 11.0. The SMILES string of the molecule is CCOC(=O)[C@@H]1CC(O)C[C@H]1C(=O)O. The summed E-state index contributed by atoms with van der Waals surface area (Å²) in [5.41, 5.74) is 0. The topological polar surface area (TPSA) is 83.8 Å². The molecule has 0 spiro atoms. The van der Waals surface area contributed by atoms with Gasteiger partial charge in [-0.05, 0) is 19.8 Å². The molecule has 14 heavy (non-hydrogen) atoms. The lowest BCUT2D eigenvalue weighted by Gasteiger charge is -2.13. The third kappa shape index (κ3) is 2.23. The van der Waals surface area contributed by atoms with Crippen LogP contribution in [0.15, 0.2) is 0 Å². The first-order valence-corrected chi connectivity index (χ1v) is 4.63. The Hall–Kier alpha value is -1.10. The Morgan fingerprint density at radius 3 is 2.43 bits per heavy atom. The molecular weight excluding hydrogens is 188 g/mol. The van der Waals surface area contributed by atoms with Gasteiger partial charge in [0, 0.05) is 0 Å². The van der Waals surface area contributed by atoms with Crippen molar-refractivity contribution >= 4 is 11.9 Å². The van der Waals surface area contributed by atoms with Gasteiger partial charge in [0.05, 0.1) is 24.5 Å². The fraction of sp³-hybridized carbons (Fsp3) is 0.778. The van der Waals surface area contributed by atoms with Crippen LogP contribution in [0.2, 0.25) is 0 Å². The smallest absolute Gasteiger partial charge is 0.309 e. The van der Waals surface area contributed by atoms with Crippen LogP contribution in [0.4, 0.5) is 0 Å². The van der Waals surface area contributed by atoms with Gasteiger partial charge in [0.15, 0.2) is 0 Å². The van der Waals surface area contributed by atoms with E-state index in [0.717, 1.165) is 0 Å². The fourth-order valence-corrected chi connectivity index (χ4v) is 1.79. The minimum Gasteiger partial charge on any atom is -0.481 e. The zero-order chi connectivity index (χ0) is 10.7. The van der Waals surface area contributed by atoms with Gasteiger partial charge in [-0.25, -0.2) is 0 Å². The van der Waals surface area contributed by atoms with Crippen molar-refractivity contribution < 1.29 is 24.5 Å². The predicted molar refractivity (Wildman–Crippen MR) is 46.5 cm³/mol. The van der Waals surface area contributed by atoms with Crippen molar-refractivity contribution in [1.29, 1.82) is 0 Å². The van der Waals surface area contributed by atoms with Gasteiger partial charge in [-0.3, -0.25) is 9.59 Å². The number of aliphatic carboxylic acids is 1. The highest BCUT2D eigenvalue weighted by atomic mass is 16.5. The van der Waals surface area contributed by atoms with Gasteiger partial charge in [-0.1, -0.05) is 0 Å². The number of rotatable bonds is 3. The van der Waals surface area contributed by atoms with E-state index in [9.17, 15) is 14.7 Å². The van der Waals surface area contributed by atoms with Gasteiger partial charge >= 0.3 is 11.9 Å². The van der Waals surface area contributed by atoms with Crippen LogP contribution in [0.3, 0.4) is 0 Å². The van der Waals surface area contributed by atoms with Gasteiger partial charge in [-0.2, -0.15) is 0 Å². The second kappa shape index (κ2) is 4.41. The highest BCUT2D eigenvalue weighted by Gasteiger charge is 2.43. The quantitative estimate of drug-likeness (QED) is 0.630. The molecule has 0 bridgehead atoms. The largest absolute Gasteiger partial charge is 0.481 e. The molecule has 5 nitrogen and oxygen atoms in total. The zero-order valence-corrected chi connectivity index (χ0v) is 7.97. The second-order valence-corrected chi connectivity index (χ2v) is 3.43. The summed E-state index contributed by atoms with van der Waals surface area (Å²) in [4.78, 5) is 22.1. The predicted octanol–water partition coefficient (Wildman–Crippen LogP) is 0.0212. The van der Waals surface area contributed by atoms with Gasteiger partial charge in [0.1, 0.15) is 0 Å². The van der Waals surface area contributed by atoms with E-state index in [1.54, 1.807) is 6.92 Å². The summed E-state index contributed by atoms with van der Waals surface area (Å²) >= 11 is 0. The Bertz CT molecular complexity index is 237. The maximum absolute atomic E-state index is 11.3. The Morgan fingerprint density at radius 2 is 1.93 bits per heavy atom. The van der Waals surface area contributed by atoms with Crippen LogP contribution >= 0.6 is 0 Å². The Kier molecular flexibility index (Phi) is 3.46. The molecule has 1 saturated carbocycles. The molecule has 1 rings (SSSR count). The number of esters is 1. The van der Waals surface area contributed by atoms with Crippen LogP contribution in [0.25, 0.3) is 0 Å². The maximum atomic E-state index is 11.3. The Labute approximate surface area is 81.7 Å². The summed E-state index contributed by atoms with van der Waals surface area (Å²) in [6, 6.07) is 0. The summed E-state index contributed by atoms with van der Waals surface area (Å²) < 4.78 is 4.74. The van der Waals surface area contributed by atoms with Crippen LogP contribution in [-0.2, 0) is 14.3 Å². The van der Waals surface area contributed by atoms with Crippen molar-refractivity contribution in [3.63, 3.8) is 0 Å². The summed E-state index contributed by atoms with van der Waals surface area (Å²) in [7, 11) is 0. The Morgan fingerprint density at radius 1 is 1.36 bits per heavy atom. The molecule has 0 aromatic rings. The monoisotopic (exact) mass is 202 g/mol. The van der Waals surface area contributed by atoms with E-state index in [0.29, 0.717) is 0 Å². The number of hydrogen-bond acceptors (Lipinski definition) is 4. The summed E-state index contributed by atoms with van der Waals surface area (Å²) in [5.74, 6) is -3.05. The number of aliphatic hydroxyl groups excluding tert-OH is 1. The van der Waals surface area contributed by atoms with Crippen LogP contribution in [0.5, 0.6) is 0 Å². The number of hydrogen-bond donors (Lipinski definition) is 2. The van der Waals surface area contributed by atoms with Crippen molar-refractivity contribution in [2.75, 3.05) is 6.61 Å². The molecule has 2 N–H and O–H groups in total. The maximum Gasteiger partial charge on any atom is 0.309 e. The van der Waals surface area contributed by atoms with E-state index in [-0.39, 0.29) is 19.4 Å². The summed E-state index contributed by atoms with van der Waals surface area (Å²) in [6.45, 7) is 1.90. The fourth-order valence-electron chi connectivity index (χ4n) is 1.79. The molecule has 0 aromatic heterocycles. The molecule has 80 valence electrons. The van der Waals surface area contributed by atoms with Crippen molar-refractivity contribution in [3.8, 4) is 0 Å². The highest BCUT2D eigenvalue weighted by molar-refractivity contribution is 5.81. The van der Waals surface area contributed by atoms with Gasteiger partial charge < -0.3 is 14.9 Å². The van der Waals surface area contributed by atoms with Crippen molar-refractivity contribution in [2.24, 2.45) is 11.8 Å². The number of carboxylic acid groups (broad SMARTS) is 1. The first-order chi connectivity index (χ1) is 6.56.